The molecule has 1 aromatic carbocycles. The van der Waals surface area contributed by atoms with Crippen LogP contribution in [0.3, 0.4) is 0 Å². The SMILES string of the molecule is CCNC(=O)c1ccc(C)c(NC(=O)C2C3C=CC(C3)C2C(=O)O)c1. The molecule has 2 amide bonds. The summed E-state index contributed by atoms with van der Waals surface area (Å²) < 4.78 is 0. The molecule has 0 saturated heterocycles. The van der Waals surface area contributed by atoms with Crippen molar-refractivity contribution in [1.82, 2.24) is 5.32 Å². The number of amides is 2. The summed E-state index contributed by atoms with van der Waals surface area (Å²) in [5, 5.41) is 15.0. The normalized spacial score (nSPS) is 26.5. The van der Waals surface area contributed by atoms with Crippen molar-refractivity contribution in [2.45, 2.75) is 20.3 Å². The third kappa shape index (κ3) is 3.16. The molecular weight excluding hydrogens is 320 g/mol. The Labute approximate surface area is 146 Å². The molecule has 6 nitrogen and oxygen atoms in total. The molecule has 4 atom stereocenters. The molecule has 1 fully saturated rings. The quantitative estimate of drug-likeness (QED) is 0.715. The molecule has 0 radical (unpaired) electrons. The summed E-state index contributed by atoms with van der Waals surface area (Å²) in [7, 11) is 0. The van der Waals surface area contributed by atoms with Crippen LogP contribution in [0.1, 0.15) is 29.3 Å². The predicted octanol–water partition coefficient (Wildman–Crippen LogP) is 2.21. The molecule has 0 aromatic heterocycles. The number of anilines is 1. The van der Waals surface area contributed by atoms with E-state index in [1.54, 1.807) is 18.2 Å². The van der Waals surface area contributed by atoms with Crippen molar-refractivity contribution in [3.63, 3.8) is 0 Å². The highest BCUT2D eigenvalue weighted by Crippen LogP contribution is 2.48. The predicted molar refractivity (Wildman–Crippen MR) is 93.2 cm³/mol. The Morgan fingerprint density at radius 1 is 1.16 bits per heavy atom. The topological polar surface area (TPSA) is 95.5 Å². The van der Waals surface area contributed by atoms with Crippen LogP contribution in [0.5, 0.6) is 0 Å². The lowest BCUT2D eigenvalue weighted by Crippen LogP contribution is -2.36. The average Bonchev–Trinajstić information content (AvgIpc) is 3.18. The first-order valence-corrected chi connectivity index (χ1v) is 8.53. The van der Waals surface area contributed by atoms with Crippen molar-refractivity contribution in [2.75, 3.05) is 11.9 Å². The summed E-state index contributed by atoms with van der Waals surface area (Å²) >= 11 is 0. The number of hydrogen-bond acceptors (Lipinski definition) is 3. The van der Waals surface area contributed by atoms with Gasteiger partial charge in [0.05, 0.1) is 11.8 Å². The minimum Gasteiger partial charge on any atom is -0.481 e. The Balaban J connectivity index is 1.81. The Morgan fingerprint density at radius 3 is 2.48 bits per heavy atom. The van der Waals surface area contributed by atoms with Gasteiger partial charge in [-0.2, -0.15) is 0 Å². The monoisotopic (exact) mass is 342 g/mol. The number of carbonyl (C=O) groups is 3. The highest BCUT2D eigenvalue weighted by molar-refractivity contribution is 5.99. The summed E-state index contributed by atoms with van der Waals surface area (Å²) in [5.41, 5.74) is 1.84. The molecule has 0 spiro atoms. The molecule has 6 heteroatoms. The van der Waals surface area contributed by atoms with Crippen molar-refractivity contribution in [2.24, 2.45) is 23.7 Å². The van der Waals surface area contributed by atoms with E-state index in [1.807, 2.05) is 26.0 Å². The van der Waals surface area contributed by atoms with Crippen LogP contribution in [0, 0.1) is 30.6 Å². The van der Waals surface area contributed by atoms with E-state index in [9.17, 15) is 19.5 Å². The summed E-state index contributed by atoms with van der Waals surface area (Å²) in [6.07, 6.45) is 4.58. The van der Waals surface area contributed by atoms with Gasteiger partial charge in [0.1, 0.15) is 0 Å². The van der Waals surface area contributed by atoms with Gasteiger partial charge in [-0.1, -0.05) is 18.2 Å². The first kappa shape index (κ1) is 17.2. The van der Waals surface area contributed by atoms with Crippen LogP contribution in [-0.4, -0.2) is 29.4 Å². The fourth-order valence-corrected chi connectivity index (χ4v) is 3.89. The van der Waals surface area contributed by atoms with Gasteiger partial charge >= 0.3 is 5.97 Å². The van der Waals surface area contributed by atoms with Gasteiger partial charge in [0.2, 0.25) is 5.91 Å². The Morgan fingerprint density at radius 2 is 1.84 bits per heavy atom. The third-order valence-corrected chi connectivity index (χ3v) is 5.14. The van der Waals surface area contributed by atoms with E-state index in [1.165, 1.54) is 0 Å². The lowest BCUT2D eigenvalue weighted by Gasteiger charge is -2.24. The van der Waals surface area contributed by atoms with Gasteiger partial charge in [0.25, 0.3) is 5.91 Å². The van der Waals surface area contributed by atoms with Crippen molar-refractivity contribution in [3.8, 4) is 0 Å². The molecule has 0 heterocycles. The standard InChI is InChI=1S/C19H22N2O4/c1-3-20-17(22)13-5-4-10(2)14(9-13)21-18(23)15-11-6-7-12(8-11)16(15)19(24)25/h4-7,9,11-12,15-16H,3,8H2,1-2H3,(H,20,22)(H,21,23)(H,24,25). The zero-order valence-electron chi connectivity index (χ0n) is 14.3. The number of rotatable bonds is 5. The second-order valence-electron chi connectivity index (χ2n) is 6.72. The zero-order valence-corrected chi connectivity index (χ0v) is 14.3. The number of nitrogens with one attached hydrogen (secondary N) is 2. The number of carbonyl (C=O) groups excluding carboxylic acids is 2. The number of allylic oxidation sites excluding steroid dienone is 2. The van der Waals surface area contributed by atoms with Gasteiger partial charge in [-0.3, -0.25) is 14.4 Å². The van der Waals surface area contributed by atoms with E-state index in [0.717, 1.165) is 5.56 Å². The molecule has 2 bridgehead atoms. The Hall–Kier alpha value is -2.63. The van der Waals surface area contributed by atoms with Crippen LogP contribution in [0.25, 0.3) is 0 Å². The van der Waals surface area contributed by atoms with E-state index in [2.05, 4.69) is 10.6 Å². The summed E-state index contributed by atoms with van der Waals surface area (Å²) in [4.78, 5) is 36.3. The number of aryl methyl sites for hydroxylation is 1. The maximum atomic E-state index is 12.8. The number of fused-ring (bicyclic) bond motifs is 2. The van der Waals surface area contributed by atoms with Crippen molar-refractivity contribution >= 4 is 23.5 Å². The van der Waals surface area contributed by atoms with Crippen LogP contribution in [0.2, 0.25) is 0 Å². The zero-order chi connectivity index (χ0) is 18.1. The molecule has 2 aliphatic rings. The van der Waals surface area contributed by atoms with Gasteiger partial charge in [-0.25, -0.2) is 0 Å². The second kappa shape index (κ2) is 6.70. The minimum atomic E-state index is -0.926. The molecule has 1 saturated carbocycles. The molecule has 1 aromatic rings. The molecule has 132 valence electrons. The van der Waals surface area contributed by atoms with E-state index < -0.39 is 17.8 Å². The second-order valence-corrected chi connectivity index (χ2v) is 6.72. The minimum absolute atomic E-state index is 0.0296. The summed E-state index contributed by atoms with van der Waals surface area (Å²) in [6, 6.07) is 5.11. The Bertz CT molecular complexity index is 756. The van der Waals surface area contributed by atoms with Crippen LogP contribution < -0.4 is 10.6 Å². The number of carboxylic acids is 1. The van der Waals surface area contributed by atoms with Crippen LogP contribution in [0.15, 0.2) is 30.4 Å². The maximum absolute atomic E-state index is 12.8. The van der Waals surface area contributed by atoms with E-state index >= 15 is 0 Å². The first-order valence-electron chi connectivity index (χ1n) is 8.53. The molecular formula is C19H22N2O4. The van der Waals surface area contributed by atoms with Crippen LogP contribution >= 0.6 is 0 Å². The maximum Gasteiger partial charge on any atom is 0.307 e. The van der Waals surface area contributed by atoms with Gasteiger partial charge in [0, 0.05) is 17.8 Å². The average molecular weight is 342 g/mol. The highest BCUT2D eigenvalue weighted by atomic mass is 16.4. The lowest BCUT2D eigenvalue weighted by molar-refractivity contribution is -0.146. The molecule has 2 aliphatic carbocycles. The van der Waals surface area contributed by atoms with E-state index in [0.29, 0.717) is 24.2 Å². The Kier molecular flexibility index (Phi) is 4.61. The van der Waals surface area contributed by atoms with Gasteiger partial charge < -0.3 is 15.7 Å². The van der Waals surface area contributed by atoms with Crippen LogP contribution in [-0.2, 0) is 9.59 Å². The molecule has 3 rings (SSSR count). The highest BCUT2D eigenvalue weighted by Gasteiger charge is 2.51. The van der Waals surface area contributed by atoms with Gasteiger partial charge in [-0.15, -0.1) is 0 Å². The molecule has 0 aliphatic heterocycles. The van der Waals surface area contributed by atoms with E-state index in [4.69, 9.17) is 0 Å². The largest absolute Gasteiger partial charge is 0.481 e. The number of hydrogen-bond donors (Lipinski definition) is 3. The number of carboxylic acid groups (broad SMARTS) is 1. The van der Waals surface area contributed by atoms with Gasteiger partial charge in [-0.05, 0) is 49.8 Å². The van der Waals surface area contributed by atoms with Crippen molar-refractivity contribution in [3.05, 3.63) is 41.5 Å². The summed E-state index contributed by atoms with van der Waals surface area (Å²) in [6.45, 7) is 4.20. The first-order chi connectivity index (χ1) is 11.9. The smallest absolute Gasteiger partial charge is 0.307 e. The van der Waals surface area contributed by atoms with Gasteiger partial charge in [0.15, 0.2) is 0 Å². The lowest BCUT2D eigenvalue weighted by atomic mass is 9.82. The fraction of sp³-hybridized carbons (Fsp3) is 0.421. The fourth-order valence-electron chi connectivity index (χ4n) is 3.89. The van der Waals surface area contributed by atoms with Crippen LogP contribution in [0.4, 0.5) is 5.69 Å². The molecule has 25 heavy (non-hydrogen) atoms. The number of aliphatic carboxylic acids is 1. The third-order valence-electron chi connectivity index (χ3n) is 5.14. The van der Waals surface area contributed by atoms with Crippen molar-refractivity contribution < 1.29 is 19.5 Å². The van der Waals surface area contributed by atoms with E-state index in [-0.39, 0.29) is 23.7 Å². The molecule has 4 unspecified atom stereocenters. The van der Waals surface area contributed by atoms with Crippen molar-refractivity contribution in [1.29, 1.82) is 0 Å². The summed E-state index contributed by atoms with van der Waals surface area (Å²) in [5.74, 6) is -2.77. The number of benzene rings is 1. The molecule has 3 N–H and O–H groups in total.